The Morgan fingerprint density at radius 3 is 2.56 bits per heavy atom. The molecule has 0 saturated heterocycles. The van der Waals surface area contributed by atoms with E-state index in [1.807, 2.05) is 22.7 Å². The summed E-state index contributed by atoms with van der Waals surface area (Å²) >= 11 is 5.45. The third-order valence-corrected chi connectivity index (χ3v) is 5.54. The van der Waals surface area contributed by atoms with Crippen molar-refractivity contribution in [3.05, 3.63) is 46.7 Å². The molecule has 0 N–H and O–H groups in total. The summed E-state index contributed by atoms with van der Waals surface area (Å²) in [5.74, 6) is 0. The molecule has 0 aliphatic carbocycles. The molecular weight excluding hydrogens is 252 g/mol. The van der Waals surface area contributed by atoms with Gasteiger partial charge >= 0.3 is 0 Å². The number of hydrogen-bond donors (Lipinski definition) is 0. The SMILES string of the molecule is Cc1c[c]c(-c2ccc(-c3cccs3)s2)s1. The predicted molar refractivity (Wildman–Crippen MR) is 74.5 cm³/mol. The Morgan fingerprint density at radius 2 is 1.88 bits per heavy atom. The molecule has 0 spiro atoms. The second-order valence-corrected chi connectivity index (χ2v) is 6.76. The van der Waals surface area contributed by atoms with E-state index in [1.165, 1.54) is 24.4 Å². The summed E-state index contributed by atoms with van der Waals surface area (Å²) in [4.78, 5) is 6.60. The molecule has 1 radical (unpaired) electrons. The van der Waals surface area contributed by atoms with E-state index >= 15 is 0 Å². The van der Waals surface area contributed by atoms with Crippen LogP contribution in [0.2, 0.25) is 0 Å². The van der Waals surface area contributed by atoms with Gasteiger partial charge in [0.1, 0.15) is 0 Å². The van der Waals surface area contributed by atoms with Gasteiger partial charge in [0.25, 0.3) is 0 Å². The molecule has 0 aliphatic heterocycles. The number of hydrogen-bond acceptors (Lipinski definition) is 3. The van der Waals surface area contributed by atoms with Crippen molar-refractivity contribution in [1.29, 1.82) is 0 Å². The van der Waals surface area contributed by atoms with E-state index in [-0.39, 0.29) is 0 Å². The lowest BCUT2D eigenvalue weighted by molar-refractivity contribution is 1.64. The molecule has 79 valence electrons. The Bertz CT molecular complexity index is 584. The van der Waals surface area contributed by atoms with E-state index in [9.17, 15) is 0 Å². The Labute approximate surface area is 107 Å². The molecule has 0 amide bonds. The van der Waals surface area contributed by atoms with Crippen molar-refractivity contribution in [3.63, 3.8) is 0 Å². The highest BCUT2D eigenvalue weighted by atomic mass is 32.1. The first-order valence-electron chi connectivity index (χ1n) is 4.95. The minimum Gasteiger partial charge on any atom is -0.143 e. The van der Waals surface area contributed by atoms with Gasteiger partial charge in [-0.3, -0.25) is 0 Å². The summed E-state index contributed by atoms with van der Waals surface area (Å²) in [6.45, 7) is 2.12. The molecule has 0 atom stereocenters. The summed E-state index contributed by atoms with van der Waals surface area (Å²) in [5, 5.41) is 2.12. The van der Waals surface area contributed by atoms with Gasteiger partial charge in [-0.15, -0.1) is 34.0 Å². The molecule has 16 heavy (non-hydrogen) atoms. The molecule has 0 bridgehead atoms. The predicted octanol–water partition coefficient (Wildman–Crippen LogP) is 5.31. The quantitative estimate of drug-likeness (QED) is 0.586. The number of aryl methyl sites for hydroxylation is 1. The molecule has 0 aliphatic rings. The van der Waals surface area contributed by atoms with Crippen molar-refractivity contribution in [2.75, 3.05) is 0 Å². The van der Waals surface area contributed by atoms with Gasteiger partial charge in [0.05, 0.1) is 4.88 Å². The fourth-order valence-corrected chi connectivity index (χ4v) is 4.24. The number of rotatable bonds is 2. The third kappa shape index (κ3) is 1.86. The van der Waals surface area contributed by atoms with Crippen LogP contribution in [0.25, 0.3) is 19.5 Å². The van der Waals surface area contributed by atoms with Gasteiger partial charge in [-0.2, -0.15) is 0 Å². The maximum atomic E-state index is 3.31. The molecule has 3 aromatic rings. The van der Waals surface area contributed by atoms with Gasteiger partial charge in [-0.1, -0.05) is 6.07 Å². The molecular formula is C13H9S3. The van der Waals surface area contributed by atoms with Crippen LogP contribution in [0.5, 0.6) is 0 Å². The monoisotopic (exact) mass is 261 g/mol. The highest BCUT2D eigenvalue weighted by molar-refractivity contribution is 7.26. The summed E-state index contributed by atoms with van der Waals surface area (Å²) < 4.78 is 0. The smallest absolute Gasteiger partial charge is 0.0524 e. The van der Waals surface area contributed by atoms with Gasteiger partial charge in [-0.05, 0) is 36.6 Å². The Kier molecular flexibility index (Phi) is 2.67. The zero-order valence-electron chi connectivity index (χ0n) is 8.69. The van der Waals surface area contributed by atoms with Crippen LogP contribution in [-0.2, 0) is 0 Å². The van der Waals surface area contributed by atoms with Crippen molar-refractivity contribution in [1.82, 2.24) is 0 Å². The highest BCUT2D eigenvalue weighted by Gasteiger charge is 2.07. The van der Waals surface area contributed by atoms with Gasteiger partial charge in [-0.25, -0.2) is 0 Å². The van der Waals surface area contributed by atoms with E-state index in [0.717, 1.165) is 0 Å². The lowest BCUT2D eigenvalue weighted by Crippen LogP contribution is -1.57. The van der Waals surface area contributed by atoms with Crippen LogP contribution >= 0.6 is 34.0 Å². The van der Waals surface area contributed by atoms with Crippen molar-refractivity contribution in [2.45, 2.75) is 6.92 Å². The fraction of sp³-hybridized carbons (Fsp3) is 0.0769. The van der Waals surface area contributed by atoms with Gasteiger partial charge < -0.3 is 0 Å². The first-order valence-corrected chi connectivity index (χ1v) is 7.46. The molecule has 3 heteroatoms. The highest BCUT2D eigenvalue weighted by Crippen LogP contribution is 2.38. The molecule has 0 fully saturated rings. The molecule has 3 rings (SSSR count). The minimum atomic E-state index is 1.25. The summed E-state index contributed by atoms with van der Waals surface area (Å²) in [7, 11) is 0. The van der Waals surface area contributed by atoms with Gasteiger partial charge in [0.15, 0.2) is 0 Å². The normalized spacial score (nSPS) is 10.8. The lowest BCUT2D eigenvalue weighted by Gasteiger charge is -1.89. The van der Waals surface area contributed by atoms with Gasteiger partial charge in [0.2, 0.25) is 0 Å². The minimum absolute atomic E-state index is 1.25. The summed E-state index contributed by atoms with van der Waals surface area (Å²) in [6.07, 6.45) is 0. The maximum Gasteiger partial charge on any atom is 0.0524 e. The van der Waals surface area contributed by atoms with Crippen LogP contribution in [0.1, 0.15) is 4.88 Å². The van der Waals surface area contributed by atoms with Crippen LogP contribution in [0.3, 0.4) is 0 Å². The lowest BCUT2D eigenvalue weighted by atomic mass is 10.3. The molecule has 0 unspecified atom stereocenters. The molecule has 0 aromatic carbocycles. The van der Waals surface area contributed by atoms with Crippen LogP contribution in [0, 0.1) is 13.0 Å². The Balaban J connectivity index is 2.00. The standard InChI is InChI=1S/C13H9S3/c1-9-4-5-12(15-9)13-7-6-11(16-13)10-3-2-8-14-10/h2-4,6-8H,1H3. The van der Waals surface area contributed by atoms with Crippen LogP contribution < -0.4 is 0 Å². The van der Waals surface area contributed by atoms with Crippen molar-refractivity contribution >= 4 is 34.0 Å². The average Bonchev–Trinajstić information content (AvgIpc) is 2.97. The summed E-state index contributed by atoms with van der Waals surface area (Å²) in [6, 6.07) is 14.0. The first-order chi connectivity index (χ1) is 7.83. The Hall–Kier alpha value is -0.900. The third-order valence-electron chi connectivity index (χ3n) is 2.26. The van der Waals surface area contributed by atoms with Crippen molar-refractivity contribution in [3.8, 4) is 19.5 Å². The van der Waals surface area contributed by atoms with Crippen LogP contribution in [0.15, 0.2) is 35.7 Å². The van der Waals surface area contributed by atoms with Crippen molar-refractivity contribution in [2.24, 2.45) is 0 Å². The van der Waals surface area contributed by atoms with Crippen molar-refractivity contribution < 1.29 is 0 Å². The fourth-order valence-electron chi connectivity index (χ4n) is 1.52. The molecule has 3 heterocycles. The number of thiophene rings is 3. The van der Waals surface area contributed by atoms with E-state index in [1.54, 1.807) is 11.3 Å². The topological polar surface area (TPSA) is 0 Å². The molecule has 3 aromatic heterocycles. The zero-order chi connectivity index (χ0) is 11.0. The Morgan fingerprint density at radius 1 is 1.00 bits per heavy atom. The average molecular weight is 261 g/mol. The molecule has 0 saturated carbocycles. The first kappa shape index (κ1) is 10.3. The largest absolute Gasteiger partial charge is 0.143 e. The van der Waals surface area contributed by atoms with E-state index < -0.39 is 0 Å². The van der Waals surface area contributed by atoms with E-state index in [0.29, 0.717) is 0 Å². The van der Waals surface area contributed by atoms with E-state index in [4.69, 9.17) is 0 Å². The second-order valence-electron chi connectivity index (χ2n) is 3.47. The van der Waals surface area contributed by atoms with E-state index in [2.05, 4.69) is 48.7 Å². The van der Waals surface area contributed by atoms with Crippen LogP contribution in [0.4, 0.5) is 0 Å². The maximum absolute atomic E-state index is 3.31. The van der Waals surface area contributed by atoms with Gasteiger partial charge in [0, 0.05) is 25.6 Å². The second kappa shape index (κ2) is 4.17. The van der Waals surface area contributed by atoms with Crippen LogP contribution in [-0.4, -0.2) is 0 Å². The zero-order valence-corrected chi connectivity index (χ0v) is 11.1. The molecule has 0 nitrogen and oxygen atoms in total. The summed E-state index contributed by atoms with van der Waals surface area (Å²) in [5.41, 5.74) is 0.